The summed E-state index contributed by atoms with van der Waals surface area (Å²) in [5, 5.41) is 2.96. The highest BCUT2D eigenvalue weighted by atomic mass is 19.1. The number of hydrazine groups is 1. The van der Waals surface area contributed by atoms with E-state index < -0.39 is 23.7 Å². The molecule has 0 bridgehead atoms. The van der Waals surface area contributed by atoms with Gasteiger partial charge in [-0.25, -0.2) is 4.39 Å². The van der Waals surface area contributed by atoms with E-state index in [0.717, 1.165) is 0 Å². The van der Waals surface area contributed by atoms with Gasteiger partial charge in [0.15, 0.2) is 0 Å². The maximum absolute atomic E-state index is 13.4. The number of hydrogen-bond acceptors (Lipinski definition) is 4. The van der Waals surface area contributed by atoms with Crippen LogP contribution in [0.3, 0.4) is 0 Å². The van der Waals surface area contributed by atoms with E-state index in [1.165, 1.54) is 30.0 Å². The van der Waals surface area contributed by atoms with E-state index in [1.807, 2.05) is 6.92 Å². The molecule has 0 saturated heterocycles. The summed E-state index contributed by atoms with van der Waals surface area (Å²) in [6.45, 7) is 2.80. The van der Waals surface area contributed by atoms with Crippen LogP contribution in [0.25, 0.3) is 0 Å². The first kappa shape index (κ1) is 15.7. The van der Waals surface area contributed by atoms with Gasteiger partial charge in [-0.2, -0.15) is 0 Å². The van der Waals surface area contributed by atoms with Crippen molar-refractivity contribution in [2.45, 2.75) is 26.3 Å². The minimum Gasteiger partial charge on any atom is -0.372 e. The van der Waals surface area contributed by atoms with Crippen molar-refractivity contribution in [1.82, 2.24) is 10.9 Å². The van der Waals surface area contributed by atoms with Gasteiger partial charge >= 0.3 is 0 Å². The van der Waals surface area contributed by atoms with Gasteiger partial charge in [-0.15, -0.1) is 0 Å². The topological polar surface area (TPSA) is 90.5 Å². The molecule has 3 N–H and O–H groups in total. The molecule has 1 aromatic carbocycles. The standard InChI is InChI=1S/C14H17FN4O3/c1-3-10-14(22)19(7-13(21)18-17-8(2)20)12-5-4-9(15)6-11(12)16-10/h4-6,10,16H,3,7H2,1-2H3,(H,17,20)(H,18,21). The number of anilines is 2. The van der Waals surface area contributed by atoms with Crippen molar-refractivity contribution in [3.05, 3.63) is 24.0 Å². The predicted molar refractivity (Wildman–Crippen MR) is 78.4 cm³/mol. The molecule has 1 heterocycles. The molecule has 118 valence electrons. The molecule has 1 aromatic rings. The van der Waals surface area contributed by atoms with Gasteiger partial charge in [-0.05, 0) is 24.6 Å². The normalized spacial score (nSPS) is 16.6. The van der Waals surface area contributed by atoms with Gasteiger partial charge in [0.2, 0.25) is 11.8 Å². The van der Waals surface area contributed by atoms with Gasteiger partial charge in [0.1, 0.15) is 18.4 Å². The Hall–Kier alpha value is -2.64. The third-order valence-corrected chi connectivity index (χ3v) is 3.23. The number of amides is 3. The lowest BCUT2D eigenvalue weighted by Gasteiger charge is -2.34. The smallest absolute Gasteiger partial charge is 0.258 e. The Balaban J connectivity index is 2.23. The molecule has 0 saturated carbocycles. The van der Waals surface area contributed by atoms with Gasteiger partial charge in [0.05, 0.1) is 11.4 Å². The van der Waals surface area contributed by atoms with E-state index >= 15 is 0 Å². The molecule has 1 aliphatic heterocycles. The average molecular weight is 308 g/mol. The largest absolute Gasteiger partial charge is 0.372 e. The van der Waals surface area contributed by atoms with Crippen molar-refractivity contribution in [1.29, 1.82) is 0 Å². The van der Waals surface area contributed by atoms with E-state index in [0.29, 0.717) is 17.8 Å². The first-order valence-electron chi connectivity index (χ1n) is 6.85. The minimum absolute atomic E-state index is 0.268. The summed E-state index contributed by atoms with van der Waals surface area (Å²) in [7, 11) is 0. The number of nitrogens with zero attached hydrogens (tertiary/aromatic N) is 1. The predicted octanol–water partition coefficient (Wildman–Crippen LogP) is 0.530. The molecule has 0 aliphatic carbocycles. The summed E-state index contributed by atoms with van der Waals surface area (Å²) >= 11 is 0. The molecular weight excluding hydrogens is 291 g/mol. The number of rotatable bonds is 3. The first-order chi connectivity index (χ1) is 10.4. The number of halogens is 1. The molecule has 3 amide bonds. The van der Waals surface area contributed by atoms with Gasteiger partial charge in [0, 0.05) is 6.92 Å². The van der Waals surface area contributed by atoms with Crippen molar-refractivity contribution in [3.63, 3.8) is 0 Å². The van der Waals surface area contributed by atoms with Crippen molar-refractivity contribution in [2.75, 3.05) is 16.8 Å². The van der Waals surface area contributed by atoms with Crippen LogP contribution in [0.15, 0.2) is 18.2 Å². The fourth-order valence-corrected chi connectivity index (χ4v) is 2.20. The quantitative estimate of drug-likeness (QED) is 0.711. The molecule has 1 aliphatic rings. The Morgan fingerprint density at radius 3 is 2.73 bits per heavy atom. The highest BCUT2D eigenvalue weighted by Crippen LogP contribution is 2.32. The second kappa shape index (κ2) is 6.42. The van der Waals surface area contributed by atoms with Gasteiger partial charge in [-0.1, -0.05) is 6.92 Å². The van der Waals surface area contributed by atoms with Crippen molar-refractivity contribution in [2.24, 2.45) is 0 Å². The van der Waals surface area contributed by atoms with E-state index in [2.05, 4.69) is 16.2 Å². The molecule has 2 rings (SSSR count). The Morgan fingerprint density at radius 1 is 1.36 bits per heavy atom. The number of nitrogens with one attached hydrogen (secondary N) is 3. The number of benzene rings is 1. The van der Waals surface area contributed by atoms with Crippen LogP contribution in [0.2, 0.25) is 0 Å². The van der Waals surface area contributed by atoms with Crippen molar-refractivity contribution >= 4 is 29.1 Å². The Bertz CT molecular complexity index is 620. The lowest BCUT2D eigenvalue weighted by molar-refractivity contribution is -0.128. The maximum Gasteiger partial charge on any atom is 0.258 e. The Morgan fingerprint density at radius 2 is 2.09 bits per heavy atom. The first-order valence-corrected chi connectivity index (χ1v) is 6.85. The minimum atomic E-state index is -0.546. The molecule has 22 heavy (non-hydrogen) atoms. The third kappa shape index (κ3) is 3.33. The van der Waals surface area contributed by atoms with E-state index in [-0.39, 0.29) is 12.5 Å². The highest BCUT2D eigenvalue weighted by molar-refractivity contribution is 6.07. The number of carbonyl (C=O) groups is 3. The molecule has 1 atom stereocenters. The highest BCUT2D eigenvalue weighted by Gasteiger charge is 2.32. The van der Waals surface area contributed by atoms with Crippen LogP contribution in [0.4, 0.5) is 15.8 Å². The van der Waals surface area contributed by atoms with E-state index in [4.69, 9.17) is 0 Å². The molecule has 0 fully saturated rings. The molecule has 1 unspecified atom stereocenters. The SMILES string of the molecule is CCC1Nc2cc(F)ccc2N(CC(=O)NNC(C)=O)C1=O. The van der Waals surface area contributed by atoms with Crippen LogP contribution in [0, 0.1) is 5.82 Å². The van der Waals surface area contributed by atoms with Crippen LogP contribution in [-0.4, -0.2) is 30.3 Å². The Kier molecular flexibility index (Phi) is 4.59. The van der Waals surface area contributed by atoms with Gasteiger partial charge < -0.3 is 5.32 Å². The van der Waals surface area contributed by atoms with Gasteiger partial charge in [-0.3, -0.25) is 30.1 Å². The van der Waals surface area contributed by atoms with Crippen LogP contribution >= 0.6 is 0 Å². The molecule has 0 spiro atoms. The summed E-state index contributed by atoms with van der Waals surface area (Å²) in [5.74, 6) is -1.68. The van der Waals surface area contributed by atoms with Crippen LogP contribution in [-0.2, 0) is 14.4 Å². The lowest BCUT2D eigenvalue weighted by atomic mass is 10.1. The molecular formula is C14H17FN4O3. The summed E-state index contributed by atoms with van der Waals surface area (Å²) in [6.07, 6.45) is 0.499. The number of carbonyl (C=O) groups excluding carboxylic acids is 3. The fourth-order valence-electron chi connectivity index (χ4n) is 2.20. The molecule has 0 radical (unpaired) electrons. The zero-order valence-corrected chi connectivity index (χ0v) is 12.3. The second-order valence-electron chi connectivity index (χ2n) is 4.92. The summed E-state index contributed by atoms with van der Waals surface area (Å²) in [5.41, 5.74) is 5.24. The van der Waals surface area contributed by atoms with E-state index in [1.54, 1.807) is 0 Å². The zero-order chi connectivity index (χ0) is 16.3. The summed E-state index contributed by atoms with van der Waals surface area (Å²) < 4.78 is 13.4. The molecule has 0 aromatic heterocycles. The monoisotopic (exact) mass is 308 g/mol. The fraction of sp³-hybridized carbons (Fsp3) is 0.357. The van der Waals surface area contributed by atoms with Gasteiger partial charge in [0.25, 0.3) is 5.91 Å². The van der Waals surface area contributed by atoms with Crippen molar-refractivity contribution in [3.8, 4) is 0 Å². The average Bonchev–Trinajstić information content (AvgIpc) is 2.47. The van der Waals surface area contributed by atoms with Crippen molar-refractivity contribution < 1.29 is 18.8 Å². The van der Waals surface area contributed by atoms with E-state index in [9.17, 15) is 18.8 Å². The molecule has 7 nitrogen and oxygen atoms in total. The van der Waals surface area contributed by atoms with Crippen LogP contribution in [0.5, 0.6) is 0 Å². The third-order valence-electron chi connectivity index (χ3n) is 3.23. The summed E-state index contributed by atoms with van der Waals surface area (Å²) in [4.78, 5) is 36.3. The number of fused-ring (bicyclic) bond motifs is 1. The second-order valence-corrected chi connectivity index (χ2v) is 4.92. The maximum atomic E-state index is 13.4. The summed E-state index contributed by atoms with van der Waals surface area (Å²) in [6, 6.07) is 3.41. The van der Waals surface area contributed by atoms with Crippen LogP contribution < -0.4 is 21.1 Å². The zero-order valence-electron chi connectivity index (χ0n) is 12.3. The lowest BCUT2D eigenvalue weighted by Crippen LogP contribution is -2.52. The Labute approximate surface area is 126 Å². The molecule has 8 heteroatoms. The van der Waals surface area contributed by atoms with Crippen LogP contribution in [0.1, 0.15) is 20.3 Å². The number of hydrogen-bond donors (Lipinski definition) is 3.